The number of aromatic nitrogens is 4. The highest BCUT2D eigenvalue weighted by Crippen LogP contribution is 2.27. The molecule has 5 rings (SSSR count). The molecule has 1 saturated heterocycles. The van der Waals surface area contributed by atoms with Gasteiger partial charge in [-0.2, -0.15) is 0 Å². The summed E-state index contributed by atoms with van der Waals surface area (Å²) in [6.45, 7) is 3.75. The van der Waals surface area contributed by atoms with E-state index in [1.54, 1.807) is 24.8 Å². The first kappa shape index (κ1) is 18.5. The molecule has 4 aromatic rings. The number of piperazine rings is 1. The molecule has 0 aliphatic carbocycles. The van der Waals surface area contributed by atoms with Crippen molar-refractivity contribution in [3.8, 4) is 11.3 Å². The number of nitrogens with zero attached hydrogens (tertiary/aromatic N) is 5. The van der Waals surface area contributed by atoms with Gasteiger partial charge in [0.1, 0.15) is 17.0 Å². The van der Waals surface area contributed by atoms with Gasteiger partial charge in [0.05, 0.1) is 36.7 Å². The number of nitrogens with one attached hydrogen (secondary N) is 2. The smallest absolute Gasteiger partial charge is 0.228 e. The van der Waals surface area contributed by atoms with Gasteiger partial charge < -0.3 is 25.1 Å². The molecule has 0 atom stereocenters. The largest absolute Gasteiger partial charge is 0.472 e. The Morgan fingerprint density at radius 3 is 2.73 bits per heavy atom. The fourth-order valence-corrected chi connectivity index (χ4v) is 3.52. The minimum absolute atomic E-state index is 0.163. The van der Waals surface area contributed by atoms with Gasteiger partial charge in [0, 0.05) is 43.3 Å². The van der Waals surface area contributed by atoms with Gasteiger partial charge in [-0.05, 0) is 24.3 Å². The predicted molar refractivity (Wildman–Crippen MR) is 114 cm³/mol. The molecule has 9 heteroatoms. The molecule has 0 radical (unpaired) electrons. The third-order valence-electron chi connectivity index (χ3n) is 5.05. The number of hydrogen-bond donors (Lipinski definition) is 3. The number of rotatable bonds is 5. The summed E-state index contributed by atoms with van der Waals surface area (Å²) in [5, 5.41) is 16.8. The molecule has 0 aromatic carbocycles. The summed E-state index contributed by atoms with van der Waals surface area (Å²) in [6, 6.07) is 7.57. The Balaban J connectivity index is 1.44. The molecule has 1 aliphatic rings. The molecule has 4 aromatic heterocycles. The molecule has 152 valence electrons. The zero-order valence-electron chi connectivity index (χ0n) is 16.2. The number of anilines is 3. The van der Waals surface area contributed by atoms with Crippen molar-refractivity contribution >= 4 is 28.4 Å². The van der Waals surface area contributed by atoms with Crippen molar-refractivity contribution in [2.24, 2.45) is 0 Å². The van der Waals surface area contributed by atoms with Crippen LogP contribution in [0.25, 0.3) is 22.2 Å². The monoisotopic (exact) mass is 403 g/mol. The fourth-order valence-electron chi connectivity index (χ4n) is 3.52. The van der Waals surface area contributed by atoms with E-state index < -0.39 is 0 Å². The summed E-state index contributed by atoms with van der Waals surface area (Å²) in [5.74, 6) is 1.09. The van der Waals surface area contributed by atoms with Crippen LogP contribution < -0.4 is 15.5 Å². The molecular weight excluding hydrogens is 382 g/mol. The van der Waals surface area contributed by atoms with E-state index in [1.165, 1.54) is 0 Å². The van der Waals surface area contributed by atoms with Crippen LogP contribution in [0, 0.1) is 0 Å². The van der Waals surface area contributed by atoms with E-state index in [0.29, 0.717) is 28.7 Å². The van der Waals surface area contributed by atoms with Gasteiger partial charge in [-0.3, -0.25) is 0 Å². The van der Waals surface area contributed by atoms with Crippen molar-refractivity contribution < 1.29 is 9.52 Å². The lowest BCUT2D eigenvalue weighted by molar-refractivity contribution is 0.277. The Morgan fingerprint density at radius 1 is 1.10 bits per heavy atom. The van der Waals surface area contributed by atoms with Gasteiger partial charge in [0.25, 0.3) is 0 Å². The van der Waals surface area contributed by atoms with Crippen LogP contribution in [-0.4, -0.2) is 51.2 Å². The number of furan rings is 1. The normalized spacial score (nSPS) is 14.2. The zero-order chi connectivity index (χ0) is 20.3. The van der Waals surface area contributed by atoms with Crippen molar-refractivity contribution in [3.63, 3.8) is 0 Å². The Morgan fingerprint density at radius 2 is 2.00 bits per heavy atom. The molecule has 1 fully saturated rings. The molecule has 30 heavy (non-hydrogen) atoms. The predicted octanol–water partition coefficient (Wildman–Crippen LogP) is 2.33. The topological polar surface area (TPSA) is 112 Å². The van der Waals surface area contributed by atoms with Crippen molar-refractivity contribution in [2.75, 3.05) is 36.4 Å². The minimum Gasteiger partial charge on any atom is -0.472 e. The first-order chi connectivity index (χ1) is 14.8. The van der Waals surface area contributed by atoms with Gasteiger partial charge in [0.15, 0.2) is 0 Å². The van der Waals surface area contributed by atoms with Crippen molar-refractivity contribution in [1.82, 2.24) is 25.3 Å². The zero-order valence-corrected chi connectivity index (χ0v) is 16.2. The molecule has 0 bridgehead atoms. The van der Waals surface area contributed by atoms with Crippen LogP contribution in [0.2, 0.25) is 0 Å². The molecule has 5 heterocycles. The number of fused-ring (bicyclic) bond motifs is 1. The summed E-state index contributed by atoms with van der Waals surface area (Å²) in [6.07, 6.45) is 6.76. The SMILES string of the molecule is OCc1cc2cnc(Nc3ccc(N4CCNCC4)cn3)nc2c(-c2ccoc2)n1. The highest BCUT2D eigenvalue weighted by atomic mass is 16.3. The van der Waals surface area contributed by atoms with Gasteiger partial charge >= 0.3 is 0 Å². The summed E-state index contributed by atoms with van der Waals surface area (Å²) in [5.41, 5.74) is 3.75. The number of pyridine rings is 2. The van der Waals surface area contributed by atoms with Gasteiger partial charge in [-0.25, -0.2) is 19.9 Å². The first-order valence-electron chi connectivity index (χ1n) is 9.79. The molecule has 1 aliphatic heterocycles. The van der Waals surface area contributed by atoms with Crippen LogP contribution in [0.1, 0.15) is 5.69 Å². The van der Waals surface area contributed by atoms with Crippen molar-refractivity contribution in [1.29, 1.82) is 0 Å². The van der Waals surface area contributed by atoms with E-state index in [1.807, 2.05) is 24.4 Å². The van der Waals surface area contributed by atoms with E-state index in [0.717, 1.165) is 42.8 Å². The summed E-state index contributed by atoms with van der Waals surface area (Å²) >= 11 is 0. The van der Waals surface area contributed by atoms with Crippen molar-refractivity contribution in [2.45, 2.75) is 6.61 Å². The molecule has 9 nitrogen and oxygen atoms in total. The maximum atomic E-state index is 9.53. The van der Waals surface area contributed by atoms with E-state index >= 15 is 0 Å². The maximum Gasteiger partial charge on any atom is 0.228 e. The lowest BCUT2D eigenvalue weighted by atomic mass is 10.1. The Bertz CT molecular complexity index is 1140. The van der Waals surface area contributed by atoms with E-state index in [2.05, 4.69) is 35.5 Å². The second-order valence-corrected chi connectivity index (χ2v) is 7.03. The standard InChI is InChI=1S/C21H21N7O2/c29-12-16-9-15-10-24-21(27-20(15)19(25-16)14-3-8-30-13-14)26-18-2-1-17(11-23-18)28-6-4-22-5-7-28/h1-3,8-11,13,22,29H,4-7,12H2,(H,23,24,26,27). The quantitative estimate of drug-likeness (QED) is 0.462. The number of aliphatic hydroxyl groups is 1. The first-order valence-corrected chi connectivity index (χ1v) is 9.79. The Hall–Kier alpha value is -3.56. The molecule has 0 spiro atoms. The van der Waals surface area contributed by atoms with Crippen LogP contribution in [0.4, 0.5) is 17.5 Å². The van der Waals surface area contributed by atoms with Crippen LogP contribution in [-0.2, 0) is 6.61 Å². The van der Waals surface area contributed by atoms with Crippen molar-refractivity contribution in [3.05, 3.63) is 54.9 Å². The average molecular weight is 403 g/mol. The molecule has 3 N–H and O–H groups in total. The lowest BCUT2D eigenvalue weighted by Gasteiger charge is -2.29. The van der Waals surface area contributed by atoms with Gasteiger partial charge in [-0.1, -0.05) is 0 Å². The molecule has 0 unspecified atom stereocenters. The summed E-state index contributed by atoms with van der Waals surface area (Å²) in [7, 11) is 0. The second-order valence-electron chi connectivity index (χ2n) is 7.03. The highest BCUT2D eigenvalue weighted by molar-refractivity contribution is 5.91. The average Bonchev–Trinajstić information content (AvgIpc) is 3.34. The maximum absolute atomic E-state index is 9.53. The van der Waals surface area contributed by atoms with Gasteiger partial charge in [-0.15, -0.1) is 0 Å². The number of aliphatic hydroxyl groups excluding tert-OH is 1. The van der Waals surface area contributed by atoms with Crippen LogP contribution in [0.15, 0.2) is 53.6 Å². The highest BCUT2D eigenvalue weighted by Gasteiger charge is 2.14. The Kier molecular flexibility index (Phi) is 4.96. The summed E-state index contributed by atoms with van der Waals surface area (Å²) < 4.78 is 5.20. The number of hydrogen-bond acceptors (Lipinski definition) is 9. The summed E-state index contributed by atoms with van der Waals surface area (Å²) in [4.78, 5) is 20.4. The minimum atomic E-state index is -0.163. The lowest BCUT2D eigenvalue weighted by Crippen LogP contribution is -2.43. The third-order valence-corrected chi connectivity index (χ3v) is 5.05. The molecular formula is C21H21N7O2. The Labute approximate surface area is 172 Å². The van der Waals surface area contributed by atoms with Crippen LogP contribution in [0.5, 0.6) is 0 Å². The molecule has 0 amide bonds. The fraction of sp³-hybridized carbons (Fsp3) is 0.238. The second kappa shape index (κ2) is 8.05. The molecule has 0 saturated carbocycles. The van der Waals surface area contributed by atoms with E-state index in [9.17, 15) is 5.11 Å². The van der Waals surface area contributed by atoms with Gasteiger partial charge in [0.2, 0.25) is 5.95 Å². The third kappa shape index (κ3) is 3.68. The van der Waals surface area contributed by atoms with E-state index in [4.69, 9.17) is 4.42 Å². The van der Waals surface area contributed by atoms with Crippen LogP contribution in [0.3, 0.4) is 0 Å². The van der Waals surface area contributed by atoms with Crippen LogP contribution >= 0.6 is 0 Å². The van der Waals surface area contributed by atoms with E-state index in [-0.39, 0.29) is 6.61 Å².